The van der Waals surface area contributed by atoms with Gasteiger partial charge in [0.15, 0.2) is 0 Å². The van der Waals surface area contributed by atoms with Crippen LogP contribution in [0, 0.1) is 5.82 Å². The number of methoxy groups -OCH3 is 1. The lowest BCUT2D eigenvalue weighted by Crippen LogP contribution is -2.28. The van der Waals surface area contributed by atoms with Crippen LogP contribution >= 0.6 is 0 Å². The highest BCUT2D eigenvalue weighted by molar-refractivity contribution is 5.94. The van der Waals surface area contributed by atoms with E-state index >= 15 is 0 Å². The van der Waals surface area contributed by atoms with Gasteiger partial charge in [-0.2, -0.15) is 5.10 Å². The Morgan fingerprint density at radius 3 is 2.56 bits per heavy atom. The number of rotatable bonds is 12. The van der Waals surface area contributed by atoms with Crippen molar-refractivity contribution in [2.75, 3.05) is 45.0 Å². The smallest absolute Gasteiger partial charge is 0.319 e. The third kappa shape index (κ3) is 7.85. The molecule has 12 heteroatoms. The largest absolute Gasteiger partial charge is 0.495 e. The Bertz CT molecular complexity index is 2030. The molecule has 2 amide bonds. The molecule has 3 aromatic heterocycles. The normalized spacial score (nSPS) is 11.0. The zero-order chi connectivity index (χ0) is 33.5. The number of fused-ring (bicyclic) bond motifs is 1. The van der Waals surface area contributed by atoms with Gasteiger partial charge >= 0.3 is 6.03 Å². The van der Waals surface area contributed by atoms with E-state index < -0.39 is 6.03 Å². The Labute approximate surface area is 277 Å². The maximum Gasteiger partial charge on any atom is 0.319 e. The number of hydrogen-bond donors (Lipinski definition) is 3. The first-order valence-corrected chi connectivity index (χ1v) is 15.3. The van der Waals surface area contributed by atoms with Crippen molar-refractivity contribution < 1.29 is 18.7 Å². The minimum Gasteiger partial charge on any atom is -0.495 e. The lowest BCUT2D eigenvalue weighted by Gasteiger charge is -2.12. The van der Waals surface area contributed by atoms with Crippen molar-refractivity contribution in [3.63, 3.8) is 0 Å². The van der Waals surface area contributed by atoms with Crippen molar-refractivity contribution in [3.8, 4) is 34.0 Å². The molecule has 0 fully saturated rings. The summed E-state index contributed by atoms with van der Waals surface area (Å²) in [6.07, 6.45) is 3.50. The molecule has 6 rings (SSSR count). The van der Waals surface area contributed by atoms with Crippen LogP contribution in [0.15, 0.2) is 103 Å². The molecule has 11 nitrogen and oxygen atoms in total. The number of benzene rings is 3. The quantitative estimate of drug-likeness (QED) is 0.136. The fraction of sp³-hybridized carbons (Fsp3) is 0.167. The topological polar surface area (TPSA) is 118 Å². The molecule has 0 radical (unpaired) electrons. The van der Waals surface area contributed by atoms with Gasteiger partial charge in [-0.25, -0.2) is 23.7 Å². The van der Waals surface area contributed by atoms with E-state index in [9.17, 15) is 9.18 Å². The maximum absolute atomic E-state index is 13.2. The third-order valence-corrected chi connectivity index (χ3v) is 7.41. The summed E-state index contributed by atoms with van der Waals surface area (Å²) in [5, 5.41) is 13.9. The summed E-state index contributed by atoms with van der Waals surface area (Å²) < 4.78 is 26.3. The highest BCUT2D eigenvalue weighted by Crippen LogP contribution is 2.36. The molecular weight excluding hydrogens is 611 g/mol. The van der Waals surface area contributed by atoms with Gasteiger partial charge in [0.1, 0.15) is 29.6 Å². The molecule has 0 aliphatic heterocycles. The fourth-order valence-electron chi connectivity index (χ4n) is 5.01. The summed E-state index contributed by atoms with van der Waals surface area (Å²) in [5.74, 6) is 1.47. The average molecular weight is 647 g/mol. The average Bonchev–Trinajstić information content (AvgIpc) is 3.47. The Kier molecular flexibility index (Phi) is 9.72. The van der Waals surface area contributed by atoms with Crippen LogP contribution in [0.2, 0.25) is 0 Å². The van der Waals surface area contributed by atoms with Crippen LogP contribution < -0.4 is 25.4 Å². The molecular formula is C36H35FN8O3. The SMILES string of the molecule is COc1ccc2c(-c3ccnc(Nc4cccc(OCCN(C)C)c4)n3)c(-c3cccc(NC(=O)NCc4ccc(F)cc4)c3)nn2c1. The Morgan fingerprint density at radius 2 is 1.75 bits per heavy atom. The predicted molar refractivity (Wildman–Crippen MR) is 184 cm³/mol. The monoisotopic (exact) mass is 646 g/mol. The first-order chi connectivity index (χ1) is 23.3. The number of nitrogens with one attached hydrogen (secondary N) is 3. The third-order valence-electron chi connectivity index (χ3n) is 7.41. The number of carbonyl (C=O) groups is 1. The number of likely N-dealkylation sites (N-methyl/N-ethyl adjacent to an activating group) is 1. The summed E-state index contributed by atoms with van der Waals surface area (Å²) in [5.41, 5.74) is 5.79. The number of pyridine rings is 1. The second kappa shape index (κ2) is 14.6. The molecule has 244 valence electrons. The Morgan fingerprint density at radius 1 is 0.938 bits per heavy atom. The summed E-state index contributed by atoms with van der Waals surface area (Å²) in [4.78, 5) is 24.1. The number of nitrogens with zero attached hydrogens (tertiary/aromatic N) is 5. The van der Waals surface area contributed by atoms with Crippen molar-refractivity contribution in [2.24, 2.45) is 0 Å². The molecule has 0 spiro atoms. The molecule has 0 unspecified atom stereocenters. The van der Waals surface area contributed by atoms with Gasteiger partial charge in [-0.1, -0.05) is 30.3 Å². The molecule has 0 aliphatic carbocycles. The van der Waals surface area contributed by atoms with Crippen molar-refractivity contribution in [3.05, 3.63) is 115 Å². The molecule has 3 aromatic carbocycles. The number of urea groups is 1. The summed E-state index contributed by atoms with van der Waals surface area (Å²) in [7, 11) is 5.61. The number of anilines is 3. The van der Waals surface area contributed by atoms with Crippen molar-refractivity contribution in [1.82, 2.24) is 29.8 Å². The van der Waals surface area contributed by atoms with Gasteiger partial charge in [0.05, 0.1) is 30.1 Å². The van der Waals surface area contributed by atoms with Crippen LogP contribution in [0.1, 0.15) is 5.56 Å². The highest BCUT2D eigenvalue weighted by atomic mass is 19.1. The van der Waals surface area contributed by atoms with Crippen LogP contribution in [0.25, 0.3) is 28.0 Å². The molecule has 0 bridgehead atoms. The van der Waals surface area contributed by atoms with Gasteiger partial charge in [0.2, 0.25) is 5.95 Å². The Hall–Kier alpha value is -6.01. The lowest BCUT2D eigenvalue weighted by molar-refractivity contribution is 0.251. The standard InChI is InChI=1S/C36H35FN8O3/c1-44(2)18-19-48-29-9-5-8-28(21-29)40-35-38-17-16-31(42-35)33-32-15-14-30(47-3)23-45(32)43-34(33)25-6-4-7-27(20-25)41-36(46)39-22-24-10-12-26(37)13-11-24/h4-17,20-21,23H,18-19,22H2,1-3H3,(H,38,40,42)(H2,39,41,46). The highest BCUT2D eigenvalue weighted by Gasteiger charge is 2.19. The maximum atomic E-state index is 13.2. The molecule has 0 aliphatic rings. The van der Waals surface area contributed by atoms with Crippen LogP contribution in [-0.2, 0) is 6.54 Å². The van der Waals surface area contributed by atoms with Gasteiger partial charge in [-0.15, -0.1) is 0 Å². The summed E-state index contributed by atoms with van der Waals surface area (Å²) in [6.45, 7) is 1.63. The van der Waals surface area contributed by atoms with Gasteiger partial charge < -0.3 is 30.3 Å². The number of amides is 2. The van der Waals surface area contributed by atoms with E-state index in [0.29, 0.717) is 35.4 Å². The molecule has 0 saturated carbocycles. The minimum absolute atomic E-state index is 0.252. The molecule has 6 aromatic rings. The molecule has 0 atom stereocenters. The van der Waals surface area contributed by atoms with Crippen LogP contribution in [-0.4, -0.2) is 64.9 Å². The number of hydrogen-bond acceptors (Lipinski definition) is 8. The number of carbonyl (C=O) groups excluding carboxylic acids is 1. The minimum atomic E-state index is -0.393. The van der Waals surface area contributed by atoms with Crippen molar-refractivity contribution >= 4 is 28.9 Å². The molecule has 3 heterocycles. The van der Waals surface area contributed by atoms with Gasteiger partial charge in [-0.05, 0) is 74.3 Å². The van der Waals surface area contributed by atoms with Crippen LogP contribution in [0.4, 0.5) is 26.5 Å². The predicted octanol–water partition coefficient (Wildman–Crippen LogP) is 6.61. The molecule has 48 heavy (non-hydrogen) atoms. The first kappa shape index (κ1) is 32.0. The summed E-state index contributed by atoms with van der Waals surface area (Å²) in [6, 6.07) is 26.3. The van der Waals surface area contributed by atoms with E-state index in [1.165, 1.54) is 12.1 Å². The lowest BCUT2D eigenvalue weighted by atomic mass is 10.0. The van der Waals surface area contributed by atoms with Crippen LogP contribution in [0.3, 0.4) is 0 Å². The number of aromatic nitrogens is 4. The fourth-order valence-corrected chi connectivity index (χ4v) is 5.01. The second-order valence-electron chi connectivity index (χ2n) is 11.2. The zero-order valence-corrected chi connectivity index (χ0v) is 26.8. The summed E-state index contributed by atoms with van der Waals surface area (Å²) >= 11 is 0. The van der Waals surface area contributed by atoms with E-state index in [0.717, 1.165) is 40.2 Å². The molecule has 3 N–H and O–H groups in total. The zero-order valence-electron chi connectivity index (χ0n) is 26.8. The first-order valence-electron chi connectivity index (χ1n) is 15.3. The van der Waals surface area contributed by atoms with Gasteiger partial charge in [0, 0.05) is 42.3 Å². The Balaban J connectivity index is 1.27. The van der Waals surface area contributed by atoms with Gasteiger partial charge in [0.25, 0.3) is 0 Å². The second-order valence-corrected chi connectivity index (χ2v) is 11.2. The van der Waals surface area contributed by atoms with E-state index in [4.69, 9.17) is 19.6 Å². The van der Waals surface area contributed by atoms with Crippen LogP contribution in [0.5, 0.6) is 11.5 Å². The number of ether oxygens (including phenoxy) is 2. The molecule has 0 saturated heterocycles. The van der Waals surface area contributed by atoms with E-state index in [1.807, 2.05) is 74.8 Å². The van der Waals surface area contributed by atoms with E-state index in [1.54, 1.807) is 42.2 Å². The van der Waals surface area contributed by atoms with E-state index in [-0.39, 0.29) is 12.4 Å². The van der Waals surface area contributed by atoms with Crippen molar-refractivity contribution in [2.45, 2.75) is 6.54 Å². The van der Waals surface area contributed by atoms with Gasteiger partial charge in [-0.3, -0.25) is 0 Å². The van der Waals surface area contributed by atoms with E-state index in [2.05, 4.69) is 25.8 Å². The number of halogens is 1. The van der Waals surface area contributed by atoms with Crippen molar-refractivity contribution in [1.29, 1.82) is 0 Å².